The standard InChI is InChI=1S/C17H28N2O/c1-2-3-4-7-13-20-17-11-6-5-10-16(17)19-12-8-9-15(18)14-19/h5-6,10-11,15H,2-4,7-9,12-14,18H2,1H3. The monoisotopic (exact) mass is 276 g/mol. The van der Waals surface area contributed by atoms with Crippen molar-refractivity contribution < 1.29 is 4.74 Å². The SMILES string of the molecule is CCCCCCOc1ccccc1N1CCCC(N)C1. The lowest BCUT2D eigenvalue weighted by molar-refractivity contribution is 0.304. The number of benzene rings is 1. The number of nitrogens with zero attached hydrogens (tertiary/aromatic N) is 1. The molecule has 1 aromatic rings. The summed E-state index contributed by atoms with van der Waals surface area (Å²) in [4.78, 5) is 2.37. The van der Waals surface area contributed by atoms with Gasteiger partial charge in [-0.1, -0.05) is 38.3 Å². The zero-order valence-corrected chi connectivity index (χ0v) is 12.7. The number of nitrogens with two attached hydrogens (primary N) is 1. The minimum Gasteiger partial charge on any atom is -0.491 e. The topological polar surface area (TPSA) is 38.5 Å². The van der Waals surface area contributed by atoms with Crippen molar-refractivity contribution in [3.05, 3.63) is 24.3 Å². The van der Waals surface area contributed by atoms with Crippen LogP contribution in [-0.2, 0) is 0 Å². The van der Waals surface area contributed by atoms with Gasteiger partial charge in [0.25, 0.3) is 0 Å². The molecule has 0 aromatic heterocycles. The molecule has 1 heterocycles. The summed E-state index contributed by atoms with van der Waals surface area (Å²) in [6.45, 7) is 5.08. The van der Waals surface area contributed by atoms with Crippen LogP contribution >= 0.6 is 0 Å². The summed E-state index contributed by atoms with van der Waals surface area (Å²) in [5.74, 6) is 1.01. The molecular formula is C17H28N2O. The second-order valence-corrected chi connectivity index (χ2v) is 5.73. The Kier molecular flexibility index (Phi) is 6.19. The number of hydrogen-bond donors (Lipinski definition) is 1. The molecule has 1 unspecified atom stereocenters. The number of ether oxygens (including phenoxy) is 1. The molecule has 1 atom stereocenters. The number of para-hydroxylation sites is 2. The Balaban J connectivity index is 1.91. The number of hydrogen-bond acceptors (Lipinski definition) is 3. The molecule has 1 aromatic carbocycles. The molecule has 20 heavy (non-hydrogen) atoms. The molecule has 0 aliphatic carbocycles. The van der Waals surface area contributed by atoms with E-state index in [0.717, 1.165) is 38.3 Å². The highest BCUT2D eigenvalue weighted by atomic mass is 16.5. The normalized spacial score (nSPS) is 19.1. The van der Waals surface area contributed by atoms with Crippen LogP contribution in [0.4, 0.5) is 5.69 Å². The minimum absolute atomic E-state index is 0.293. The van der Waals surface area contributed by atoms with E-state index in [-0.39, 0.29) is 0 Å². The predicted octanol–water partition coefficient (Wildman–Crippen LogP) is 3.57. The van der Waals surface area contributed by atoms with E-state index in [2.05, 4.69) is 36.1 Å². The quantitative estimate of drug-likeness (QED) is 0.774. The van der Waals surface area contributed by atoms with Crippen LogP contribution in [0.2, 0.25) is 0 Å². The van der Waals surface area contributed by atoms with Gasteiger partial charge in [-0.25, -0.2) is 0 Å². The van der Waals surface area contributed by atoms with Crippen molar-refractivity contribution in [1.29, 1.82) is 0 Å². The van der Waals surface area contributed by atoms with Crippen molar-refractivity contribution in [2.45, 2.75) is 51.5 Å². The van der Waals surface area contributed by atoms with Gasteiger partial charge in [0.05, 0.1) is 12.3 Å². The van der Waals surface area contributed by atoms with Gasteiger partial charge in [0.2, 0.25) is 0 Å². The van der Waals surface area contributed by atoms with Crippen LogP contribution in [0.1, 0.15) is 45.4 Å². The summed E-state index contributed by atoms with van der Waals surface area (Å²) in [6.07, 6.45) is 7.27. The van der Waals surface area contributed by atoms with E-state index in [1.807, 2.05) is 0 Å². The average molecular weight is 276 g/mol. The van der Waals surface area contributed by atoms with Gasteiger partial charge in [-0.3, -0.25) is 0 Å². The second kappa shape index (κ2) is 8.15. The molecule has 1 fully saturated rings. The zero-order chi connectivity index (χ0) is 14.2. The molecule has 2 rings (SSSR count). The zero-order valence-electron chi connectivity index (χ0n) is 12.7. The van der Waals surface area contributed by atoms with Gasteiger partial charge in [0.1, 0.15) is 5.75 Å². The van der Waals surface area contributed by atoms with E-state index >= 15 is 0 Å². The summed E-state index contributed by atoms with van der Waals surface area (Å²) >= 11 is 0. The highest BCUT2D eigenvalue weighted by molar-refractivity contribution is 5.58. The highest BCUT2D eigenvalue weighted by Gasteiger charge is 2.19. The van der Waals surface area contributed by atoms with Crippen LogP contribution in [-0.4, -0.2) is 25.7 Å². The van der Waals surface area contributed by atoms with Crippen molar-refractivity contribution in [2.24, 2.45) is 5.73 Å². The van der Waals surface area contributed by atoms with Crippen LogP contribution in [0.5, 0.6) is 5.75 Å². The molecule has 0 radical (unpaired) electrons. The van der Waals surface area contributed by atoms with Gasteiger partial charge < -0.3 is 15.4 Å². The maximum absolute atomic E-state index is 6.09. The fourth-order valence-electron chi connectivity index (χ4n) is 2.78. The fraction of sp³-hybridized carbons (Fsp3) is 0.647. The van der Waals surface area contributed by atoms with Gasteiger partial charge in [-0.05, 0) is 31.4 Å². The van der Waals surface area contributed by atoms with E-state index in [1.54, 1.807) is 0 Å². The largest absolute Gasteiger partial charge is 0.491 e. The van der Waals surface area contributed by atoms with Crippen molar-refractivity contribution in [3.8, 4) is 5.75 Å². The van der Waals surface area contributed by atoms with Crippen molar-refractivity contribution in [1.82, 2.24) is 0 Å². The van der Waals surface area contributed by atoms with Crippen LogP contribution in [0.25, 0.3) is 0 Å². The van der Waals surface area contributed by atoms with Crippen molar-refractivity contribution in [3.63, 3.8) is 0 Å². The highest BCUT2D eigenvalue weighted by Crippen LogP contribution is 2.30. The predicted molar refractivity (Wildman–Crippen MR) is 85.5 cm³/mol. The van der Waals surface area contributed by atoms with E-state index < -0.39 is 0 Å². The molecule has 2 N–H and O–H groups in total. The van der Waals surface area contributed by atoms with Gasteiger partial charge in [0, 0.05) is 19.1 Å². The molecule has 112 valence electrons. The fourth-order valence-corrected chi connectivity index (χ4v) is 2.78. The first-order valence-electron chi connectivity index (χ1n) is 8.03. The van der Waals surface area contributed by atoms with Crippen LogP contribution < -0.4 is 15.4 Å². The third-order valence-corrected chi connectivity index (χ3v) is 3.92. The summed E-state index contributed by atoms with van der Waals surface area (Å²) < 4.78 is 5.99. The lowest BCUT2D eigenvalue weighted by Gasteiger charge is -2.33. The molecule has 3 nitrogen and oxygen atoms in total. The van der Waals surface area contributed by atoms with Gasteiger partial charge in [-0.15, -0.1) is 0 Å². The van der Waals surface area contributed by atoms with Crippen LogP contribution in [0.15, 0.2) is 24.3 Å². The van der Waals surface area contributed by atoms with Gasteiger partial charge in [0.15, 0.2) is 0 Å². The van der Waals surface area contributed by atoms with Crippen molar-refractivity contribution in [2.75, 3.05) is 24.6 Å². The summed E-state index contributed by atoms with van der Waals surface area (Å²) in [5, 5.41) is 0. The third-order valence-electron chi connectivity index (χ3n) is 3.92. The van der Waals surface area contributed by atoms with Crippen LogP contribution in [0.3, 0.4) is 0 Å². The van der Waals surface area contributed by atoms with E-state index in [1.165, 1.54) is 31.4 Å². The molecule has 1 aliphatic rings. The Hall–Kier alpha value is -1.22. The Morgan fingerprint density at radius 3 is 2.90 bits per heavy atom. The van der Waals surface area contributed by atoms with E-state index in [0.29, 0.717) is 6.04 Å². The smallest absolute Gasteiger partial charge is 0.142 e. The molecule has 0 bridgehead atoms. The number of piperidine rings is 1. The Morgan fingerprint density at radius 1 is 1.25 bits per heavy atom. The summed E-state index contributed by atoms with van der Waals surface area (Å²) in [5.41, 5.74) is 7.29. The number of rotatable bonds is 7. The maximum atomic E-state index is 6.09. The molecule has 3 heteroatoms. The first-order valence-corrected chi connectivity index (χ1v) is 8.03. The molecule has 0 saturated carbocycles. The van der Waals surface area contributed by atoms with E-state index in [4.69, 9.17) is 10.5 Å². The molecular weight excluding hydrogens is 248 g/mol. The first-order chi connectivity index (χ1) is 9.81. The van der Waals surface area contributed by atoms with Gasteiger partial charge in [-0.2, -0.15) is 0 Å². The number of unbranched alkanes of at least 4 members (excludes halogenated alkanes) is 3. The number of anilines is 1. The maximum Gasteiger partial charge on any atom is 0.142 e. The van der Waals surface area contributed by atoms with Crippen molar-refractivity contribution >= 4 is 5.69 Å². The summed E-state index contributed by atoms with van der Waals surface area (Å²) in [6, 6.07) is 8.66. The van der Waals surface area contributed by atoms with Crippen LogP contribution in [0, 0.1) is 0 Å². The molecule has 0 amide bonds. The Labute approximate surface area is 123 Å². The lowest BCUT2D eigenvalue weighted by atomic mass is 10.1. The third kappa shape index (κ3) is 4.41. The summed E-state index contributed by atoms with van der Waals surface area (Å²) in [7, 11) is 0. The Morgan fingerprint density at radius 2 is 2.10 bits per heavy atom. The average Bonchev–Trinajstić information content (AvgIpc) is 2.47. The molecule has 1 saturated heterocycles. The molecule has 0 spiro atoms. The lowest BCUT2D eigenvalue weighted by Crippen LogP contribution is -2.42. The first kappa shape index (κ1) is 15.2. The van der Waals surface area contributed by atoms with Gasteiger partial charge >= 0.3 is 0 Å². The van der Waals surface area contributed by atoms with E-state index in [9.17, 15) is 0 Å². The Bertz CT molecular complexity index is 394. The second-order valence-electron chi connectivity index (χ2n) is 5.73. The molecule has 1 aliphatic heterocycles. The minimum atomic E-state index is 0.293.